The van der Waals surface area contributed by atoms with E-state index in [2.05, 4.69) is 59.1 Å². The minimum Gasteiger partial charge on any atom is -0.414 e. The molecule has 0 radical (unpaired) electrons. The lowest BCUT2D eigenvalue weighted by molar-refractivity contribution is 0.0764. The zero-order valence-corrected chi connectivity index (χ0v) is 19.0. The Morgan fingerprint density at radius 2 is 1.96 bits per heavy atom. The molecule has 0 amide bonds. The van der Waals surface area contributed by atoms with E-state index in [9.17, 15) is 0 Å². The molecule has 0 heterocycles. The Hall–Kier alpha value is -1.02. The number of hydrogen-bond acceptors (Lipinski definition) is 3. The van der Waals surface area contributed by atoms with Crippen LogP contribution in [0.25, 0.3) is 0 Å². The molecular formula is C21H33ClN2OSi. The molecule has 2 unspecified atom stereocenters. The van der Waals surface area contributed by atoms with Crippen LogP contribution in [0.4, 0.5) is 5.69 Å². The van der Waals surface area contributed by atoms with Crippen LogP contribution in [0.2, 0.25) is 23.2 Å². The summed E-state index contributed by atoms with van der Waals surface area (Å²) in [5.41, 5.74) is 1.67. The van der Waals surface area contributed by atoms with E-state index in [1.165, 1.54) is 0 Å². The first-order valence-corrected chi connectivity index (χ1v) is 12.8. The van der Waals surface area contributed by atoms with Crippen LogP contribution in [0.5, 0.6) is 0 Å². The van der Waals surface area contributed by atoms with Crippen molar-refractivity contribution in [2.24, 2.45) is 5.41 Å². The van der Waals surface area contributed by atoms with Crippen molar-refractivity contribution in [3.63, 3.8) is 0 Å². The topological polar surface area (TPSA) is 45.0 Å². The summed E-state index contributed by atoms with van der Waals surface area (Å²) < 4.78 is 6.69. The third-order valence-corrected chi connectivity index (χ3v) is 11.1. The van der Waals surface area contributed by atoms with Crippen LogP contribution in [0.1, 0.15) is 59.4 Å². The molecule has 1 aliphatic carbocycles. The molecule has 0 saturated heterocycles. The Bertz CT molecular complexity index is 688. The van der Waals surface area contributed by atoms with Crippen LogP contribution in [-0.2, 0) is 4.43 Å². The summed E-state index contributed by atoms with van der Waals surface area (Å²) >= 11 is 6.20. The van der Waals surface area contributed by atoms with E-state index in [1.54, 1.807) is 6.07 Å². The summed E-state index contributed by atoms with van der Waals surface area (Å²) in [7, 11) is -1.77. The summed E-state index contributed by atoms with van der Waals surface area (Å²) in [4.78, 5) is 0. The Labute approximate surface area is 165 Å². The van der Waals surface area contributed by atoms with Gasteiger partial charge in [-0.3, -0.25) is 0 Å². The van der Waals surface area contributed by atoms with Crippen LogP contribution >= 0.6 is 11.6 Å². The van der Waals surface area contributed by atoms with Crippen LogP contribution in [0, 0.1) is 16.7 Å². The summed E-state index contributed by atoms with van der Waals surface area (Å²) in [6.07, 6.45) is 3.55. The Morgan fingerprint density at radius 3 is 2.50 bits per heavy atom. The lowest BCUT2D eigenvalue weighted by Crippen LogP contribution is -2.49. The molecule has 3 nitrogen and oxygen atoms in total. The summed E-state index contributed by atoms with van der Waals surface area (Å²) in [6.45, 7) is 16.2. The Morgan fingerprint density at radius 1 is 1.31 bits per heavy atom. The van der Waals surface area contributed by atoms with E-state index < -0.39 is 8.32 Å². The average molecular weight is 393 g/mol. The maximum atomic E-state index is 9.05. The van der Waals surface area contributed by atoms with E-state index in [-0.39, 0.29) is 10.5 Å². The number of halogens is 1. The first-order valence-electron chi connectivity index (χ1n) is 9.50. The van der Waals surface area contributed by atoms with E-state index in [4.69, 9.17) is 21.3 Å². The maximum Gasteiger partial charge on any atom is 0.192 e. The normalized spacial score (nSPS) is 23.3. The highest BCUT2D eigenvalue weighted by Gasteiger charge is 2.43. The van der Waals surface area contributed by atoms with Gasteiger partial charge in [0.2, 0.25) is 0 Å². The number of nitrogens with one attached hydrogen (secondary N) is 1. The maximum absolute atomic E-state index is 9.05. The van der Waals surface area contributed by atoms with Gasteiger partial charge in [-0.1, -0.05) is 46.2 Å². The SMILES string of the molecule is CC1(C)CCC(O[Si](C)(C)C(C)(C)C)CC1Nc1ccc(C#N)c(Cl)c1. The van der Waals surface area contributed by atoms with Gasteiger partial charge in [0.25, 0.3) is 0 Å². The molecule has 1 saturated carbocycles. The van der Waals surface area contributed by atoms with Gasteiger partial charge in [0.05, 0.1) is 10.6 Å². The Kier molecular flexibility index (Phi) is 6.17. The second-order valence-electron chi connectivity index (χ2n) is 9.77. The molecule has 5 heteroatoms. The van der Waals surface area contributed by atoms with Gasteiger partial charge in [-0.05, 0) is 61.0 Å². The molecule has 1 aromatic carbocycles. The molecule has 0 spiro atoms. The number of hydrogen-bond donors (Lipinski definition) is 1. The minimum absolute atomic E-state index is 0.188. The quantitative estimate of drug-likeness (QED) is 0.587. The summed E-state index contributed by atoms with van der Waals surface area (Å²) in [6, 6.07) is 8.01. The van der Waals surface area contributed by atoms with Crippen LogP contribution in [-0.4, -0.2) is 20.5 Å². The minimum atomic E-state index is -1.77. The highest BCUT2D eigenvalue weighted by atomic mass is 35.5. The van der Waals surface area contributed by atoms with Gasteiger partial charge >= 0.3 is 0 Å². The van der Waals surface area contributed by atoms with Crippen molar-refractivity contribution in [2.75, 3.05) is 5.32 Å². The first kappa shape index (κ1) is 21.3. The molecule has 144 valence electrons. The molecule has 2 atom stereocenters. The highest BCUT2D eigenvalue weighted by Crippen LogP contribution is 2.43. The molecule has 0 bridgehead atoms. The summed E-state index contributed by atoms with van der Waals surface area (Å²) in [5.74, 6) is 0. The third kappa shape index (κ3) is 4.82. The molecule has 1 fully saturated rings. The van der Waals surface area contributed by atoms with Gasteiger partial charge in [0.15, 0.2) is 8.32 Å². The van der Waals surface area contributed by atoms with Gasteiger partial charge in [0, 0.05) is 17.8 Å². The molecule has 0 aliphatic heterocycles. The van der Waals surface area contributed by atoms with Crippen molar-refractivity contribution in [1.82, 2.24) is 0 Å². The molecule has 1 aliphatic rings. The van der Waals surface area contributed by atoms with E-state index in [0.29, 0.717) is 22.7 Å². The van der Waals surface area contributed by atoms with Gasteiger partial charge < -0.3 is 9.74 Å². The van der Waals surface area contributed by atoms with E-state index in [0.717, 1.165) is 24.9 Å². The standard InChI is InChI=1S/C21H33ClN2OSi/c1-20(2,3)26(6,7)25-17-10-11-21(4,5)19(13-17)24-16-9-8-15(14-23)18(22)12-16/h8-9,12,17,19,24H,10-11,13H2,1-7H3. The smallest absolute Gasteiger partial charge is 0.192 e. The van der Waals surface area contributed by atoms with Crippen molar-refractivity contribution in [3.8, 4) is 6.07 Å². The van der Waals surface area contributed by atoms with Crippen molar-refractivity contribution < 1.29 is 4.43 Å². The lowest BCUT2D eigenvalue weighted by atomic mass is 9.72. The van der Waals surface area contributed by atoms with Gasteiger partial charge in [-0.2, -0.15) is 5.26 Å². The van der Waals surface area contributed by atoms with Crippen LogP contribution in [0.3, 0.4) is 0 Å². The van der Waals surface area contributed by atoms with Crippen LogP contribution < -0.4 is 5.32 Å². The molecule has 2 rings (SSSR count). The fraction of sp³-hybridized carbons (Fsp3) is 0.667. The number of nitrogens with zero attached hydrogens (tertiary/aromatic N) is 1. The largest absolute Gasteiger partial charge is 0.414 e. The third-order valence-electron chi connectivity index (χ3n) is 6.25. The summed E-state index contributed by atoms with van der Waals surface area (Å²) in [5, 5.41) is 13.4. The predicted octanol–water partition coefficient (Wildman–Crippen LogP) is 6.59. The second kappa shape index (κ2) is 7.54. The average Bonchev–Trinajstić information content (AvgIpc) is 2.50. The van der Waals surface area contributed by atoms with Gasteiger partial charge in [0.1, 0.15) is 6.07 Å². The van der Waals surface area contributed by atoms with Gasteiger partial charge in [-0.25, -0.2) is 0 Å². The van der Waals surface area contributed by atoms with Crippen molar-refractivity contribution in [2.45, 2.75) is 84.2 Å². The number of rotatable bonds is 4. The van der Waals surface area contributed by atoms with Crippen molar-refractivity contribution in [1.29, 1.82) is 5.26 Å². The monoisotopic (exact) mass is 392 g/mol. The fourth-order valence-corrected chi connectivity index (χ4v) is 4.88. The van der Waals surface area contributed by atoms with E-state index >= 15 is 0 Å². The molecule has 0 aromatic heterocycles. The zero-order chi connectivity index (χ0) is 19.8. The Balaban J connectivity index is 2.13. The molecule has 1 N–H and O–H groups in total. The lowest BCUT2D eigenvalue weighted by Gasteiger charge is -2.46. The van der Waals surface area contributed by atoms with Crippen LogP contribution in [0.15, 0.2) is 18.2 Å². The van der Waals surface area contributed by atoms with Crippen molar-refractivity contribution in [3.05, 3.63) is 28.8 Å². The number of nitriles is 1. The fourth-order valence-electron chi connectivity index (χ4n) is 3.26. The van der Waals surface area contributed by atoms with Gasteiger partial charge in [-0.15, -0.1) is 0 Å². The van der Waals surface area contributed by atoms with E-state index in [1.807, 2.05) is 12.1 Å². The highest BCUT2D eigenvalue weighted by molar-refractivity contribution is 6.74. The molecule has 1 aromatic rings. The second-order valence-corrected chi connectivity index (χ2v) is 14.9. The molecule has 26 heavy (non-hydrogen) atoms. The number of benzene rings is 1. The number of anilines is 1. The molecular weight excluding hydrogens is 360 g/mol. The zero-order valence-electron chi connectivity index (χ0n) is 17.2. The predicted molar refractivity (Wildman–Crippen MR) is 113 cm³/mol. The van der Waals surface area contributed by atoms with Crippen molar-refractivity contribution >= 4 is 25.6 Å². The first-order chi connectivity index (χ1) is 11.9.